The lowest BCUT2D eigenvalue weighted by Gasteiger charge is -2.15. The van der Waals surface area contributed by atoms with Crippen molar-refractivity contribution in [1.82, 2.24) is 15.0 Å². The highest BCUT2D eigenvalue weighted by Gasteiger charge is 2.22. The second-order valence-electron chi connectivity index (χ2n) is 7.58. The van der Waals surface area contributed by atoms with E-state index in [9.17, 15) is 9.00 Å². The lowest BCUT2D eigenvalue weighted by molar-refractivity contribution is 0.0318. The van der Waals surface area contributed by atoms with Gasteiger partial charge in [-0.15, -0.1) is 0 Å². The Balaban J connectivity index is 1.48. The second-order valence-corrected chi connectivity index (χ2v) is 10.5. The Morgan fingerprint density at radius 3 is 2.74 bits per heavy atom. The summed E-state index contributed by atoms with van der Waals surface area (Å²) in [5.41, 5.74) is 3.27. The quantitative estimate of drug-likeness (QED) is 0.195. The first-order chi connectivity index (χ1) is 16.8. The Morgan fingerprint density at radius 2 is 2.00 bits per heavy atom. The van der Waals surface area contributed by atoms with E-state index in [-0.39, 0.29) is 23.4 Å². The van der Waals surface area contributed by atoms with Gasteiger partial charge in [0.15, 0.2) is 5.82 Å². The molecule has 7 nitrogen and oxygen atoms in total. The van der Waals surface area contributed by atoms with Crippen molar-refractivity contribution in [3.63, 3.8) is 0 Å². The first-order valence-electron chi connectivity index (χ1n) is 10.6. The summed E-state index contributed by atoms with van der Waals surface area (Å²) in [4.78, 5) is 23.1. The number of hydroxylamine groups is 1. The zero-order chi connectivity index (χ0) is 24.9. The number of benzene rings is 3. The van der Waals surface area contributed by atoms with Crippen LogP contribution in [0.25, 0.3) is 11.0 Å². The van der Waals surface area contributed by atoms with E-state index in [1.54, 1.807) is 41.9 Å². The van der Waals surface area contributed by atoms with Gasteiger partial charge in [0.25, 0.3) is 5.91 Å². The number of hydrogen-bond acceptors (Lipinski definition) is 5. The molecular formula is C24H21BrClFN4O3S. The molecule has 35 heavy (non-hydrogen) atoms. The molecule has 0 saturated heterocycles. The van der Waals surface area contributed by atoms with Gasteiger partial charge < -0.3 is 9.88 Å². The van der Waals surface area contributed by atoms with Gasteiger partial charge in [0.2, 0.25) is 0 Å². The molecule has 4 rings (SSSR count). The standard InChI is InChI=1S/C24H21BrClFN4O3S/c1-31-14-28-23-20(31)13-17(22(21(23)27)29-19-9-8-15(25)12-18(19)26)24(32)30-34-10-5-11-35(33)16-6-3-2-4-7-16/h2-4,6-9,12-14,29H,5,10-11H2,1H3,(H,30,32). The van der Waals surface area contributed by atoms with E-state index < -0.39 is 22.5 Å². The van der Waals surface area contributed by atoms with Crippen LogP contribution in [0.2, 0.25) is 5.02 Å². The predicted octanol–water partition coefficient (Wildman–Crippen LogP) is 5.73. The van der Waals surface area contributed by atoms with E-state index in [4.69, 9.17) is 16.4 Å². The summed E-state index contributed by atoms with van der Waals surface area (Å²) in [7, 11) is 0.548. The molecule has 1 amide bonds. The minimum Gasteiger partial charge on any atom is -0.351 e. The average molecular weight is 580 g/mol. The van der Waals surface area contributed by atoms with Crippen molar-refractivity contribution in [3.05, 3.63) is 81.8 Å². The van der Waals surface area contributed by atoms with Crippen molar-refractivity contribution in [2.75, 3.05) is 17.7 Å². The summed E-state index contributed by atoms with van der Waals surface area (Å²) >= 11 is 9.62. The Bertz CT molecular complexity index is 1400. The van der Waals surface area contributed by atoms with Gasteiger partial charge in [-0.1, -0.05) is 45.7 Å². The Hall–Kier alpha value is -2.79. The fourth-order valence-corrected chi connectivity index (χ4v) is 5.17. The number of aryl methyl sites for hydroxylation is 1. The maximum absolute atomic E-state index is 15.4. The van der Waals surface area contributed by atoms with Crippen LogP contribution in [-0.4, -0.2) is 32.0 Å². The highest BCUT2D eigenvalue weighted by molar-refractivity contribution is 9.10. The van der Waals surface area contributed by atoms with E-state index in [0.29, 0.717) is 28.4 Å². The third-order valence-electron chi connectivity index (χ3n) is 5.14. The van der Waals surface area contributed by atoms with E-state index >= 15 is 4.39 Å². The molecule has 0 aliphatic heterocycles. The Kier molecular flexibility index (Phi) is 8.17. The van der Waals surface area contributed by atoms with Gasteiger partial charge in [-0.05, 0) is 42.8 Å². The number of anilines is 2. The number of nitrogens with zero attached hydrogens (tertiary/aromatic N) is 2. The van der Waals surface area contributed by atoms with Gasteiger partial charge in [-0.3, -0.25) is 13.8 Å². The smallest absolute Gasteiger partial charge is 0.277 e. The zero-order valence-electron chi connectivity index (χ0n) is 18.6. The molecule has 0 fully saturated rings. The first-order valence-corrected chi connectivity index (χ1v) is 13.1. The van der Waals surface area contributed by atoms with E-state index in [0.717, 1.165) is 9.37 Å². The lowest BCUT2D eigenvalue weighted by Crippen LogP contribution is -2.26. The van der Waals surface area contributed by atoms with E-state index in [1.807, 2.05) is 18.2 Å². The predicted molar refractivity (Wildman–Crippen MR) is 139 cm³/mol. The van der Waals surface area contributed by atoms with Gasteiger partial charge in [0.1, 0.15) is 5.52 Å². The number of aromatic nitrogens is 2. The molecule has 1 atom stereocenters. The van der Waals surface area contributed by atoms with Crippen LogP contribution >= 0.6 is 27.5 Å². The molecule has 0 aliphatic rings. The van der Waals surface area contributed by atoms with Gasteiger partial charge >= 0.3 is 0 Å². The molecule has 182 valence electrons. The number of hydrogen-bond donors (Lipinski definition) is 2. The summed E-state index contributed by atoms with van der Waals surface area (Å²) in [5.74, 6) is -0.956. The van der Waals surface area contributed by atoms with E-state index in [2.05, 4.69) is 31.7 Å². The zero-order valence-corrected chi connectivity index (χ0v) is 21.7. The summed E-state index contributed by atoms with van der Waals surface area (Å²) in [5, 5.41) is 3.26. The summed E-state index contributed by atoms with van der Waals surface area (Å²) in [6.45, 7) is 0.141. The number of rotatable bonds is 9. The Morgan fingerprint density at radius 1 is 1.23 bits per heavy atom. The highest BCUT2D eigenvalue weighted by atomic mass is 79.9. The van der Waals surface area contributed by atoms with Crippen molar-refractivity contribution < 1.29 is 18.2 Å². The molecule has 2 N–H and O–H groups in total. The fourth-order valence-electron chi connectivity index (χ4n) is 3.38. The number of fused-ring (bicyclic) bond motifs is 1. The van der Waals surface area contributed by atoms with Crippen LogP contribution in [0.3, 0.4) is 0 Å². The number of imidazole rings is 1. The average Bonchev–Trinajstić information content (AvgIpc) is 3.23. The third kappa shape index (κ3) is 5.90. The number of carbonyl (C=O) groups excluding carboxylic acids is 1. The minimum absolute atomic E-state index is 0.0189. The molecule has 11 heteroatoms. The monoisotopic (exact) mass is 578 g/mol. The second kappa shape index (κ2) is 11.3. The SMILES string of the molecule is Cn1cnc2c(F)c(Nc3ccc(Br)cc3Cl)c(C(=O)NOCCCS(=O)c3ccccc3)cc21. The van der Waals surface area contributed by atoms with Crippen molar-refractivity contribution in [2.24, 2.45) is 7.05 Å². The molecule has 0 aliphatic carbocycles. The van der Waals surface area contributed by atoms with Gasteiger partial charge in [0.05, 0.1) is 51.2 Å². The minimum atomic E-state index is -1.16. The largest absolute Gasteiger partial charge is 0.351 e. The first kappa shape index (κ1) is 25.3. The van der Waals surface area contributed by atoms with E-state index in [1.165, 1.54) is 12.4 Å². The molecule has 1 heterocycles. The molecule has 4 aromatic rings. The van der Waals surface area contributed by atoms with Gasteiger partial charge in [-0.25, -0.2) is 14.9 Å². The van der Waals surface area contributed by atoms with Gasteiger partial charge in [-0.2, -0.15) is 0 Å². The molecule has 3 aromatic carbocycles. The fraction of sp³-hybridized carbons (Fsp3) is 0.167. The van der Waals surface area contributed by atoms with Crippen molar-refractivity contribution in [3.8, 4) is 0 Å². The number of amides is 1. The Labute approximate surface area is 217 Å². The van der Waals surface area contributed by atoms with Crippen molar-refractivity contribution in [1.29, 1.82) is 0 Å². The summed E-state index contributed by atoms with van der Waals surface area (Å²) < 4.78 is 30.1. The highest BCUT2D eigenvalue weighted by Crippen LogP contribution is 2.34. The van der Waals surface area contributed by atoms with Crippen LogP contribution in [0.5, 0.6) is 0 Å². The maximum Gasteiger partial charge on any atom is 0.277 e. The number of carbonyl (C=O) groups is 1. The molecule has 1 unspecified atom stereocenters. The van der Waals surface area contributed by atoms with Crippen LogP contribution in [0.15, 0.2) is 70.3 Å². The molecular weight excluding hydrogens is 559 g/mol. The van der Waals surface area contributed by atoms with Crippen LogP contribution in [0.1, 0.15) is 16.8 Å². The topological polar surface area (TPSA) is 85.2 Å². The van der Waals surface area contributed by atoms with Crippen LogP contribution in [0, 0.1) is 5.82 Å². The molecule has 0 spiro atoms. The molecule has 0 radical (unpaired) electrons. The summed E-state index contributed by atoms with van der Waals surface area (Å²) in [6.07, 6.45) is 1.92. The van der Waals surface area contributed by atoms with Crippen molar-refractivity contribution in [2.45, 2.75) is 11.3 Å². The molecule has 1 aromatic heterocycles. The summed E-state index contributed by atoms with van der Waals surface area (Å²) in [6, 6.07) is 15.7. The van der Waals surface area contributed by atoms with Crippen LogP contribution in [0.4, 0.5) is 15.8 Å². The lowest BCUT2D eigenvalue weighted by atomic mass is 10.1. The molecule has 0 saturated carbocycles. The normalized spacial score (nSPS) is 12.0. The third-order valence-corrected chi connectivity index (χ3v) is 7.41. The number of nitrogens with one attached hydrogen (secondary N) is 2. The van der Waals surface area contributed by atoms with Gasteiger partial charge in [0, 0.05) is 22.2 Å². The molecule has 0 bridgehead atoms. The van der Waals surface area contributed by atoms with Crippen LogP contribution < -0.4 is 10.8 Å². The van der Waals surface area contributed by atoms with Crippen LogP contribution in [-0.2, 0) is 22.7 Å². The number of halogens is 3. The van der Waals surface area contributed by atoms with Crippen molar-refractivity contribution >= 4 is 66.6 Å². The maximum atomic E-state index is 15.4.